The van der Waals surface area contributed by atoms with Gasteiger partial charge in [-0.3, -0.25) is 4.68 Å². The van der Waals surface area contributed by atoms with Gasteiger partial charge in [-0.2, -0.15) is 5.10 Å². The van der Waals surface area contributed by atoms with Crippen LogP contribution in [0.2, 0.25) is 0 Å². The number of para-hydroxylation sites is 1. The first-order valence-electron chi connectivity index (χ1n) is 7.41. The summed E-state index contributed by atoms with van der Waals surface area (Å²) in [6.45, 7) is 2.03. The zero-order valence-electron chi connectivity index (χ0n) is 12.7. The molecule has 0 bridgehead atoms. The van der Waals surface area contributed by atoms with Crippen LogP contribution in [0, 0.1) is 0 Å². The number of rotatable bonds is 5. The van der Waals surface area contributed by atoms with Crippen LogP contribution in [0.1, 0.15) is 6.42 Å². The summed E-state index contributed by atoms with van der Waals surface area (Å²) in [5.41, 5.74) is 3.48. The van der Waals surface area contributed by atoms with Crippen molar-refractivity contribution in [1.29, 1.82) is 0 Å². The van der Waals surface area contributed by atoms with Gasteiger partial charge in [0.25, 0.3) is 0 Å². The van der Waals surface area contributed by atoms with Gasteiger partial charge in [-0.1, -0.05) is 48.5 Å². The second kappa shape index (κ2) is 6.10. The first-order valence-corrected chi connectivity index (χ1v) is 7.41. The van der Waals surface area contributed by atoms with E-state index in [2.05, 4.69) is 72.2 Å². The molecule has 3 heteroatoms. The number of hydrogen-bond donors (Lipinski definition) is 0. The third-order valence-corrected chi connectivity index (χ3v) is 3.68. The van der Waals surface area contributed by atoms with Crippen LogP contribution in [0.4, 0.5) is 0 Å². The lowest BCUT2D eigenvalue weighted by Crippen LogP contribution is -2.15. The molecule has 0 aliphatic heterocycles. The highest BCUT2D eigenvalue weighted by Gasteiger charge is 2.11. The average molecular weight is 279 g/mol. The Hall–Kier alpha value is -2.13. The van der Waals surface area contributed by atoms with Crippen molar-refractivity contribution in [3.05, 3.63) is 54.6 Å². The van der Waals surface area contributed by atoms with Crippen LogP contribution in [-0.2, 0) is 6.54 Å². The molecule has 1 aromatic heterocycles. The van der Waals surface area contributed by atoms with Crippen LogP contribution in [0.15, 0.2) is 54.6 Å². The Morgan fingerprint density at radius 2 is 1.67 bits per heavy atom. The fourth-order valence-electron chi connectivity index (χ4n) is 2.64. The fourth-order valence-corrected chi connectivity index (χ4v) is 2.64. The van der Waals surface area contributed by atoms with Crippen LogP contribution in [0.5, 0.6) is 0 Å². The minimum Gasteiger partial charge on any atom is -0.309 e. The monoisotopic (exact) mass is 279 g/mol. The van der Waals surface area contributed by atoms with E-state index in [-0.39, 0.29) is 0 Å². The average Bonchev–Trinajstić information content (AvgIpc) is 2.87. The van der Waals surface area contributed by atoms with Gasteiger partial charge in [0, 0.05) is 17.5 Å². The minimum absolute atomic E-state index is 0.950. The molecule has 108 valence electrons. The van der Waals surface area contributed by atoms with E-state index in [9.17, 15) is 0 Å². The van der Waals surface area contributed by atoms with Crippen LogP contribution >= 0.6 is 0 Å². The highest BCUT2D eigenvalue weighted by molar-refractivity contribution is 5.93. The molecule has 3 rings (SSSR count). The first-order chi connectivity index (χ1) is 10.3. The number of hydrogen-bond acceptors (Lipinski definition) is 2. The maximum absolute atomic E-state index is 4.85. The summed E-state index contributed by atoms with van der Waals surface area (Å²) in [4.78, 5) is 2.21. The van der Waals surface area contributed by atoms with Crippen molar-refractivity contribution in [3.8, 4) is 11.3 Å². The van der Waals surface area contributed by atoms with E-state index in [1.807, 2.05) is 6.07 Å². The molecule has 0 radical (unpaired) electrons. The van der Waals surface area contributed by atoms with E-state index in [4.69, 9.17) is 5.10 Å². The Morgan fingerprint density at radius 3 is 2.43 bits per heavy atom. The van der Waals surface area contributed by atoms with Crippen molar-refractivity contribution < 1.29 is 0 Å². The van der Waals surface area contributed by atoms with E-state index in [0.29, 0.717) is 0 Å². The van der Waals surface area contributed by atoms with Crippen molar-refractivity contribution >= 4 is 10.9 Å². The zero-order valence-corrected chi connectivity index (χ0v) is 12.7. The number of aromatic nitrogens is 2. The molecule has 0 fully saturated rings. The Bertz CT molecular complexity index is 714. The Kier molecular flexibility index (Phi) is 4.02. The molecule has 3 aromatic rings. The molecule has 0 aliphatic rings. The number of benzene rings is 2. The van der Waals surface area contributed by atoms with Crippen molar-refractivity contribution in [2.75, 3.05) is 20.6 Å². The summed E-state index contributed by atoms with van der Waals surface area (Å²) in [6.07, 6.45) is 1.10. The second-order valence-electron chi connectivity index (χ2n) is 5.61. The van der Waals surface area contributed by atoms with Crippen molar-refractivity contribution in [2.24, 2.45) is 0 Å². The molecule has 0 saturated heterocycles. The molecule has 0 unspecified atom stereocenters. The van der Waals surface area contributed by atoms with Gasteiger partial charge in [-0.25, -0.2) is 0 Å². The SMILES string of the molecule is CN(C)CCCn1nc(-c2ccccc2)c2ccccc21. The molecule has 21 heavy (non-hydrogen) atoms. The Labute approximate surface area is 125 Å². The molecule has 0 N–H and O–H groups in total. The summed E-state index contributed by atoms with van der Waals surface area (Å²) >= 11 is 0. The standard InChI is InChI=1S/C18H21N3/c1-20(2)13-8-14-21-17-12-7-6-11-16(17)18(19-21)15-9-4-3-5-10-15/h3-7,9-12H,8,13-14H2,1-2H3. The first kappa shape index (κ1) is 13.8. The molecular formula is C18H21N3. The van der Waals surface area contributed by atoms with Crippen molar-refractivity contribution in [2.45, 2.75) is 13.0 Å². The van der Waals surface area contributed by atoms with Gasteiger partial charge in [0.05, 0.1) is 5.52 Å². The molecule has 0 atom stereocenters. The summed E-state index contributed by atoms with van der Waals surface area (Å²) in [6, 6.07) is 18.9. The van der Waals surface area contributed by atoms with Gasteiger partial charge in [0.1, 0.15) is 5.69 Å². The van der Waals surface area contributed by atoms with Crippen molar-refractivity contribution in [3.63, 3.8) is 0 Å². The molecule has 0 aliphatic carbocycles. The number of fused-ring (bicyclic) bond motifs is 1. The Balaban J connectivity index is 1.98. The lowest BCUT2D eigenvalue weighted by molar-refractivity contribution is 0.383. The quantitative estimate of drug-likeness (QED) is 0.711. The molecule has 0 amide bonds. The van der Waals surface area contributed by atoms with Gasteiger partial charge in [-0.05, 0) is 33.1 Å². The molecule has 0 spiro atoms. The maximum Gasteiger partial charge on any atom is 0.100 e. The topological polar surface area (TPSA) is 21.1 Å². The normalized spacial score (nSPS) is 11.4. The second-order valence-corrected chi connectivity index (χ2v) is 5.61. The predicted molar refractivity (Wildman–Crippen MR) is 88.3 cm³/mol. The smallest absolute Gasteiger partial charge is 0.100 e. The maximum atomic E-state index is 4.85. The highest BCUT2D eigenvalue weighted by atomic mass is 15.3. The van der Waals surface area contributed by atoms with E-state index in [1.165, 1.54) is 16.5 Å². The van der Waals surface area contributed by atoms with Crippen molar-refractivity contribution in [1.82, 2.24) is 14.7 Å². The van der Waals surface area contributed by atoms with Gasteiger partial charge in [-0.15, -0.1) is 0 Å². The van der Waals surface area contributed by atoms with E-state index < -0.39 is 0 Å². The van der Waals surface area contributed by atoms with Gasteiger partial charge >= 0.3 is 0 Å². The third-order valence-electron chi connectivity index (χ3n) is 3.68. The highest BCUT2D eigenvalue weighted by Crippen LogP contribution is 2.27. The third kappa shape index (κ3) is 2.98. The molecular weight excluding hydrogens is 258 g/mol. The van der Waals surface area contributed by atoms with Crippen LogP contribution in [-0.4, -0.2) is 35.3 Å². The van der Waals surface area contributed by atoms with Gasteiger partial charge < -0.3 is 4.90 Å². The van der Waals surface area contributed by atoms with Crippen LogP contribution < -0.4 is 0 Å². The fraction of sp³-hybridized carbons (Fsp3) is 0.278. The number of aryl methyl sites for hydroxylation is 1. The largest absolute Gasteiger partial charge is 0.309 e. The van der Waals surface area contributed by atoms with E-state index in [0.717, 1.165) is 25.2 Å². The number of nitrogens with zero attached hydrogens (tertiary/aromatic N) is 3. The molecule has 2 aromatic carbocycles. The molecule has 0 saturated carbocycles. The summed E-state index contributed by atoms with van der Waals surface area (Å²) in [5, 5.41) is 6.08. The van der Waals surface area contributed by atoms with Crippen LogP contribution in [0.25, 0.3) is 22.2 Å². The zero-order chi connectivity index (χ0) is 14.7. The summed E-state index contributed by atoms with van der Waals surface area (Å²) < 4.78 is 2.14. The summed E-state index contributed by atoms with van der Waals surface area (Å²) in [5.74, 6) is 0. The lowest BCUT2D eigenvalue weighted by atomic mass is 10.1. The van der Waals surface area contributed by atoms with Gasteiger partial charge in [0.2, 0.25) is 0 Å². The van der Waals surface area contributed by atoms with Gasteiger partial charge in [0.15, 0.2) is 0 Å². The van der Waals surface area contributed by atoms with Crippen LogP contribution in [0.3, 0.4) is 0 Å². The molecule has 1 heterocycles. The predicted octanol–water partition coefficient (Wildman–Crippen LogP) is 3.66. The molecule has 3 nitrogen and oxygen atoms in total. The van der Waals surface area contributed by atoms with E-state index in [1.54, 1.807) is 0 Å². The van der Waals surface area contributed by atoms with E-state index >= 15 is 0 Å². The minimum atomic E-state index is 0.950. The summed E-state index contributed by atoms with van der Waals surface area (Å²) in [7, 11) is 4.22. The lowest BCUT2D eigenvalue weighted by Gasteiger charge is -2.09. The Morgan fingerprint density at radius 1 is 0.952 bits per heavy atom.